The Morgan fingerprint density at radius 3 is 2.13 bits per heavy atom. The van der Waals surface area contributed by atoms with E-state index in [2.05, 4.69) is 26.1 Å². The van der Waals surface area contributed by atoms with Crippen LogP contribution >= 0.6 is 0 Å². The lowest BCUT2D eigenvalue weighted by Gasteiger charge is -2.21. The van der Waals surface area contributed by atoms with Gasteiger partial charge in [-0.1, -0.05) is 51.1 Å². The summed E-state index contributed by atoms with van der Waals surface area (Å²) >= 11 is 0. The molecule has 0 bridgehead atoms. The van der Waals surface area contributed by atoms with Crippen LogP contribution in [-0.4, -0.2) is 24.5 Å². The fourth-order valence-corrected chi connectivity index (χ4v) is 3.48. The number of nitrogens with one attached hydrogen (secondary N) is 2. The second-order valence-electron chi connectivity index (χ2n) is 9.19. The van der Waals surface area contributed by atoms with Crippen LogP contribution in [0.3, 0.4) is 0 Å². The minimum Gasteiger partial charge on any atom is -0.343 e. The number of aryl methyl sites for hydroxylation is 1. The highest BCUT2D eigenvalue weighted by molar-refractivity contribution is 6.03. The summed E-state index contributed by atoms with van der Waals surface area (Å²) in [6.07, 6.45) is -3.05. The molecule has 1 aliphatic rings. The number of hydrogen-bond donors (Lipinski definition) is 2. The van der Waals surface area contributed by atoms with Gasteiger partial charge in [0.05, 0.1) is 5.41 Å². The number of halogens is 3. The van der Waals surface area contributed by atoms with Crippen molar-refractivity contribution >= 4 is 17.5 Å². The highest BCUT2D eigenvalue weighted by atomic mass is 19.4. The van der Waals surface area contributed by atoms with Crippen LogP contribution < -0.4 is 10.6 Å². The predicted octanol–water partition coefficient (Wildman–Crippen LogP) is 5.25. The van der Waals surface area contributed by atoms with Gasteiger partial charge in [0.2, 0.25) is 5.91 Å². The third-order valence-corrected chi connectivity index (χ3v) is 5.69. The predicted molar refractivity (Wildman–Crippen MR) is 114 cm³/mol. The number of hydrogen-bond acceptors (Lipinski definition) is 2. The van der Waals surface area contributed by atoms with Gasteiger partial charge in [-0.3, -0.25) is 9.59 Å². The van der Waals surface area contributed by atoms with Crippen LogP contribution in [0, 0.1) is 6.92 Å². The fraction of sp³-hybridized carbons (Fsp3) is 0.417. The van der Waals surface area contributed by atoms with Gasteiger partial charge in [-0.15, -0.1) is 0 Å². The summed E-state index contributed by atoms with van der Waals surface area (Å²) in [7, 11) is 0. The van der Waals surface area contributed by atoms with Crippen LogP contribution in [0.2, 0.25) is 0 Å². The molecular formula is C24H27F3N2O2. The number of benzene rings is 2. The monoisotopic (exact) mass is 432 g/mol. The standard InChI is InChI=1S/C24H27F3N2O2/c1-15-5-6-16(20(30)28-14-24(25,26)27)13-19(15)29-21(31)23(11-12-23)18-9-7-17(8-10-18)22(2,3)4/h5-10,13H,11-12,14H2,1-4H3,(H,28,30)(H,29,31). The van der Waals surface area contributed by atoms with E-state index in [0.717, 1.165) is 24.0 Å². The number of carbonyl (C=O) groups is 2. The Morgan fingerprint density at radius 2 is 1.61 bits per heavy atom. The summed E-state index contributed by atoms with van der Waals surface area (Å²) in [5.41, 5.74) is 2.72. The van der Waals surface area contributed by atoms with Crippen LogP contribution in [-0.2, 0) is 15.6 Å². The maximum absolute atomic E-state index is 13.1. The first-order chi connectivity index (χ1) is 14.3. The molecule has 0 heterocycles. The number of carbonyl (C=O) groups excluding carboxylic acids is 2. The Bertz CT molecular complexity index is 985. The van der Waals surface area contributed by atoms with E-state index < -0.39 is 24.0 Å². The summed E-state index contributed by atoms with van der Waals surface area (Å²) in [6, 6.07) is 12.5. The number of anilines is 1. The molecule has 2 aromatic carbocycles. The van der Waals surface area contributed by atoms with Crippen molar-refractivity contribution in [3.05, 3.63) is 64.7 Å². The van der Waals surface area contributed by atoms with Crippen molar-refractivity contribution in [1.82, 2.24) is 5.32 Å². The molecule has 7 heteroatoms. The van der Waals surface area contributed by atoms with Gasteiger partial charge in [-0.25, -0.2) is 0 Å². The molecule has 0 unspecified atom stereocenters. The second kappa shape index (κ2) is 8.02. The van der Waals surface area contributed by atoms with E-state index in [0.29, 0.717) is 5.69 Å². The van der Waals surface area contributed by atoms with Crippen LogP contribution in [0.25, 0.3) is 0 Å². The van der Waals surface area contributed by atoms with Crippen LogP contribution in [0.5, 0.6) is 0 Å². The van der Waals surface area contributed by atoms with Crippen molar-refractivity contribution in [2.24, 2.45) is 0 Å². The zero-order chi connectivity index (χ0) is 23.0. The number of rotatable bonds is 5. The molecule has 0 aliphatic heterocycles. The summed E-state index contributed by atoms with van der Waals surface area (Å²) in [5, 5.41) is 4.73. The van der Waals surface area contributed by atoms with E-state index in [1.807, 2.05) is 29.6 Å². The smallest absolute Gasteiger partial charge is 0.343 e. The summed E-state index contributed by atoms with van der Waals surface area (Å²) in [5.74, 6) is -1.02. The van der Waals surface area contributed by atoms with Gasteiger partial charge in [-0.2, -0.15) is 13.2 Å². The van der Waals surface area contributed by atoms with Crippen molar-refractivity contribution in [2.45, 2.75) is 57.5 Å². The van der Waals surface area contributed by atoms with E-state index in [1.165, 1.54) is 17.7 Å². The molecule has 4 nitrogen and oxygen atoms in total. The lowest BCUT2D eigenvalue weighted by molar-refractivity contribution is -0.123. The maximum Gasteiger partial charge on any atom is 0.405 e. The first-order valence-electron chi connectivity index (χ1n) is 10.2. The van der Waals surface area contributed by atoms with E-state index >= 15 is 0 Å². The molecule has 2 amide bonds. The minimum atomic E-state index is -4.49. The van der Waals surface area contributed by atoms with Crippen molar-refractivity contribution < 1.29 is 22.8 Å². The molecular weight excluding hydrogens is 405 g/mol. The molecule has 0 atom stereocenters. The second-order valence-corrected chi connectivity index (χ2v) is 9.19. The van der Waals surface area contributed by atoms with E-state index in [4.69, 9.17) is 0 Å². The van der Waals surface area contributed by atoms with Gasteiger partial charge in [-0.05, 0) is 54.0 Å². The van der Waals surface area contributed by atoms with Crippen molar-refractivity contribution in [3.63, 3.8) is 0 Å². The van der Waals surface area contributed by atoms with Gasteiger partial charge >= 0.3 is 6.18 Å². The molecule has 2 aromatic rings. The van der Waals surface area contributed by atoms with Gasteiger partial charge in [0.1, 0.15) is 6.54 Å². The molecule has 0 saturated heterocycles. The molecule has 3 rings (SSSR count). The van der Waals surface area contributed by atoms with Crippen molar-refractivity contribution in [3.8, 4) is 0 Å². The van der Waals surface area contributed by atoms with Crippen molar-refractivity contribution in [1.29, 1.82) is 0 Å². The minimum absolute atomic E-state index is 0.0156. The Kier molecular flexibility index (Phi) is 5.91. The zero-order valence-corrected chi connectivity index (χ0v) is 18.1. The molecule has 2 N–H and O–H groups in total. The Labute approximate surface area is 180 Å². The number of alkyl halides is 3. The first kappa shape index (κ1) is 22.8. The van der Waals surface area contributed by atoms with Gasteiger partial charge in [0.15, 0.2) is 0 Å². The fourth-order valence-electron chi connectivity index (χ4n) is 3.48. The maximum atomic E-state index is 13.1. The normalized spacial score (nSPS) is 15.3. The van der Waals surface area contributed by atoms with E-state index in [9.17, 15) is 22.8 Å². The third-order valence-electron chi connectivity index (χ3n) is 5.69. The molecule has 0 radical (unpaired) electrons. The quantitative estimate of drug-likeness (QED) is 0.678. The molecule has 0 spiro atoms. The van der Waals surface area contributed by atoms with Crippen LogP contribution in [0.1, 0.15) is 60.7 Å². The van der Waals surface area contributed by atoms with Gasteiger partial charge < -0.3 is 10.6 Å². The molecule has 31 heavy (non-hydrogen) atoms. The third kappa shape index (κ3) is 5.27. The van der Waals surface area contributed by atoms with Crippen LogP contribution in [0.4, 0.5) is 18.9 Å². The molecule has 1 fully saturated rings. The average molecular weight is 432 g/mol. The largest absolute Gasteiger partial charge is 0.405 e. The Hall–Kier alpha value is -2.83. The van der Waals surface area contributed by atoms with Gasteiger partial charge in [0.25, 0.3) is 5.91 Å². The topological polar surface area (TPSA) is 58.2 Å². The SMILES string of the molecule is Cc1ccc(C(=O)NCC(F)(F)F)cc1NC(=O)C1(c2ccc(C(C)(C)C)cc2)CC1. The average Bonchev–Trinajstić information content (AvgIpc) is 3.49. The lowest BCUT2D eigenvalue weighted by atomic mass is 9.85. The lowest BCUT2D eigenvalue weighted by Crippen LogP contribution is -2.33. The number of amides is 2. The van der Waals surface area contributed by atoms with Crippen molar-refractivity contribution in [2.75, 3.05) is 11.9 Å². The van der Waals surface area contributed by atoms with E-state index in [1.54, 1.807) is 13.0 Å². The van der Waals surface area contributed by atoms with Crippen LogP contribution in [0.15, 0.2) is 42.5 Å². The highest BCUT2D eigenvalue weighted by Crippen LogP contribution is 2.49. The Morgan fingerprint density at radius 1 is 1.00 bits per heavy atom. The summed E-state index contributed by atoms with van der Waals surface area (Å²) in [6.45, 7) is 6.74. The van der Waals surface area contributed by atoms with Gasteiger partial charge in [0, 0.05) is 11.3 Å². The van der Waals surface area contributed by atoms with E-state index in [-0.39, 0.29) is 16.9 Å². The molecule has 166 valence electrons. The highest BCUT2D eigenvalue weighted by Gasteiger charge is 2.51. The molecule has 0 aromatic heterocycles. The first-order valence-corrected chi connectivity index (χ1v) is 10.2. The molecule has 1 aliphatic carbocycles. The molecule has 1 saturated carbocycles. The summed E-state index contributed by atoms with van der Waals surface area (Å²) < 4.78 is 37.1. The Balaban J connectivity index is 1.76. The summed E-state index contributed by atoms with van der Waals surface area (Å²) in [4.78, 5) is 25.2. The zero-order valence-electron chi connectivity index (χ0n) is 18.1.